The fraction of sp³-hybridized carbons (Fsp3) is 0.538. The summed E-state index contributed by atoms with van der Waals surface area (Å²) in [5.41, 5.74) is 7.25. The molecule has 17 heavy (non-hydrogen) atoms. The van der Waals surface area contributed by atoms with E-state index >= 15 is 0 Å². The van der Waals surface area contributed by atoms with E-state index in [9.17, 15) is 4.79 Å². The highest BCUT2D eigenvalue weighted by Gasteiger charge is 2.16. The maximum absolute atomic E-state index is 10.7. The summed E-state index contributed by atoms with van der Waals surface area (Å²) in [5.74, 6) is 0.244. The number of hydrogen-bond acceptors (Lipinski definition) is 3. The van der Waals surface area contributed by atoms with Crippen LogP contribution in [0, 0.1) is 0 Å². The first kappa shape index (κ1) is 12.0. The minimum atomic E-state index is -0.267. The second kappa shape index (κ2) is 5.77. The molecule has 3 N–H and O–H groups in total. The summed E-state index contributed by atoms with van der Waals surface area (Å²) in [6.45, 7) is 2.12. The zero-order chi connectivity index (χ0) is 12.1. The number of rotatable bonds is 4. The summed E-state index contributed by atoms with van der Waals surface area (Å²) in [6, 6.07) is 6.06. The van der Waals surface area contributed by atoms with E-state index in [0.29, 0.717) is 18.8 Å². The van der Waals surface area contributed by atoms with Crippen molar-refractivity contribution in [2.75, 3.05) is 13.1 Å². The molecule has 0 radical (unpaired) electrons. The molecule has 1 fully saturated rings. The van der Waals surface area contributed by atoms with Crippen molar-refractivity contribution in [2.24, 2.45) is 5.73 Å². The predicted octanol–water partition coefficient (Wildman–Crippen LogP) is 0.966. The number of nitrogens with one attached hydrogen (secondary N) is 1. The lowest BCUT2D eigenvalue weighted by molar-refractivity contribution is -0.118. The van der Waals surface area contributed by atoms with Crippen LogP contribution in [0.25, 0.3) is 0 Å². The zero-order valence-corrected chi connectivity index (χ0v) is 9.98. The molecule has 1 atom stereocenters. The number of carbonyl (C=O) groups is 1. The minimum absolute atomic E-state index is 0.267. The SMILES string of the molecule is NC(=O)CCc1cccc(C2CCCNC2)n1. The normalized spacial score (nSPS) is 20.1. The van der Waals surface area contributed by atoms with Crippen molar-refractivity contribution < 1.29 is 4.79 Å². The molecule has 1 aliphatic rings. The van der Waals surface area contributed by atoms with E-state index < -0.39 is 0 Å². The van der Waals surface area contributed by atoms with E-state index in [-0.39, 0.29) is 5.91 Å². The van der Waals surface area contributed by atoms with Gasteiger partial charge in [0.05, 0.1) is 0 Å². The van der Waals surface area contributed by atoms with E-state index in [1.807, 2.05) is 12.1 Å². The van der Waals surface area contributed by atoms with E-state index in [1.165, 1.54) is 12.8 Å². The molecular weight excluding hydrogens is 214 g/mol. The van der Waals surface area contributed by atoms with Crippen LogP contribution in [0.4, 0.5) is 0 Å². The van der Waals surface area contributed by atoms with Gasteiger partial charge >= 0.3 is 0 Å². The Balaban J connectivity index is 2.02. The third-order valence-corrected chi connectivity index (χ3v) is 3.17. The Morgan fingerprint density at radius 2 is 2.41 bits per heavy atom. The lowest BCUT2D eigenvalue weighted by Crippen LogP contribution is -2.28. The Bertz CT molecular complexity index is 386. The monoisotopic (exact) mass is 233 g/mol. The van der Waals surface area contributed by atoms with Crippen LogP contribution >= 0.6 is 0 Å². The Morgan fingerprint density at radius 3 is 3.12 bits per heavy atom. The number of amides is 1. The molecule has 1 unspecified atom stereocenters. The Labute approximate surface area is 102 Å². The van der Waals surface area contributed by atoms with Gasteiger partial charge in [0.15, 0.2) is 0 Å². The number of nitrogens with zero attached hydrogens (tertiary/aromatic N) is 1. The van der Waals surface area contributed by atoms with Crippen molar-refractivity contribution >= 4 is 5.91 Å². The first-order valence-corrected chi connectivity index (χ1v) is 6.20. The molecule has 0 bridgehead atoms. The van der Waals surface area contributed by atoms with Crippen molar-refractivity contribution in [1.29, 1.82) is 0 Å². The number of primary amides is 1. The topological polar surface area (TPSA) is 68.0 Å². The highest BCUT2D eigenvalue weighted by atomic mass is 16.1. The quantitative estimate of drug-likeness (QED) is 0.814. The van der Waals surface area contributed by atoms with E-state index in [4.69, 9.17) is 5.73 Å². The number of pyridine rings is 1. The van der Waals surface area contributed by atoms with Crippen LogP contribution in [0.5, 0.6) is 0 Å². The van der Waals surface area contributed by atoms with Crippen molar-refractivity contribution in [1.82, 2.24) is 10.3 Å². The molecule has 0 aromatic carbocycles. The number of aryl methyl sites for hydroxylation is 1. The van der Waals surface area contributed by atoms with Gasteiger partial charge in [-0.05, 0) is 37.9 Å². The molecule has 1 aromatic heterocycles. The van der Waals surface area contributed by atoms with Gasteiger partial charge in [-0.25, -0.2) is 0 Å². The molecule has 1 saturated heterocycles. The summed E-state index contributed by atoms with van der Waals surface area (Å²) in [7, 11) is 0. The van der Waals surface area contributed by atoms with Gasteiger partial charge < -0.3 is 11.1 Å². The number of nitrogens with two attached hydrogens (primary N) is 1. The lowest BCUT2D eigenvalue weighted by atomic mass is 9.95. The van der Waals surface area contributed by atoms with Gasteiger partial charge in [-0.15, -0.1) is 0 Å². The average Bonchev–Trinajstić information content (AvgIpc) is 2.38. The lowest BCUT2D eigenvalue weighted by Gasteiger charge is -2.22. The molecule has 4 heteroatoms. The van der Waals surface area contributed by atoms with E-state index in [0.717, 1.165) is 24.5 Å². The average molecular weight is 233 g/mol. The Kier molecular flexibility index (Phi) is 4.09. The minimum Gasteiger partial charge on any atom is -0.370 e. The number of aromatic nitrogens is 1. The third kappa shape index (κ3) is 3.53. The highest BCUT2D eigenvalue weighted by molar-refractivity contribution is 5.73. The van der Waals surface area contributed by atoms with Gasteiger partial charge in [-0.1, -0.05) is 6.07 Å². The van der Waals surface area contributed by atoms with Crippen molar-refractivity contribution in [3.05, 3.63) is 29.6 Å². The van der Waals surface area contributed by atoms with Crippen molar-refractivity contribution in [3.8, 4) is 0 Å². The van der Waals surface area contributed by atoms with Crippen LogP contribution in [0.2, 0.25) is 0 Å². The van der Waals surface area contributed by atoms with Crippen LogP contribution in [0.15, 0.2) is 18.2 Å². The molecule has 0 saturated carbocycles. The first-order valence-electron chi connectivity index (χ1n) is 6.20. The second-order valence-electron chi connectivity index (χ2n) is 4.56. The fourth-order valence-corrected chi connectivity index (χ4v) is 2.22. The van der Waals surface area contributed by atoms with Crippen LogP contribution in [0.3, 0.4) is 0 Å². The molecule has 0 aliphatic carbocycles. The summed E-state index contributed by atoms with van der Waals surface area (Å²) < 4.78 is 0. The molecule has 2 rings (SSSR count). The molecule has 0 spiro atoms. The summed E-state index contributed by atoms with van der Waals surface area (Å²) >= 11 is 0. The summed E-state index contributed by atoms with van der Waals surface area (Å²) in [6.07, 6.45) is 3.42. The van der Waals surface area contributed by atoms with E-state index in [1.54, 1.807) is 0 Å². The molecular formula is C13H19N3O. The van der Waals surface area contributed by atoms with Gasteiger partial charge in [-0.3, -0.25) is 9.78 Å². The predicted molar refractivity (Wildman–Crippen MR) is 66.6 cm³/mol. The Hall–Kier alpha value is -1.42. The number of piperidine rings is 1. The van der Waals surface area contributed by atoms with Crippen molar-refractivity contribution in [3.63, 3.8) is 0 Å². The van der Waals surface area contributed by atoms with Crippen molar-refractivity contribution in [2.45, 2.75) is 31.6 Å². The zero-order valence-electron chi connectivity index (χ0n) is 9.98. The second-order valence-corrected chi connectivity index (χ2v) is 4.56. The maximum Gasteiger partial charge on any atom is 0.217 e. The molecule has 4 nitrogen and oxygen atoms in total. The fourth-order valence-electron chi connectivity index (χ4n) is 2.22. The van der Waals surface area contributed by atoms with Gasteiger partial charge in [0.1, 0.15) is 0 Å². The van der Waals surface area contributed by atoms with Gasteiger partial charge in [0.25, 0.3) is 0 Å². The molecule has 92 valence electrons. The maximum atomic E-state index is 10.7. The van der Waals surface area contributed by atoms with Crippen LogP contribution in [0.1, 0.15) is 36.6 Å². The van der Waals surface area contributed by atoms with Crippen LogP contribution < -0.4 is 11.1 Å². The molecule has 2 heterocycles. The highest BCUT2D eigenvalue weighted by Crippen LogP contribution is 2.21. The molecule has 1 aliphatic heterocycles. The van der Waals surface area contributed by atoms with Gasteiger partial charge in [0.2, 0.25) is 5.91 Å². The number of hydrogen-bond donors (Lipinski definition) is 2. The van der Waals surface area contributed by atoms with Crippen LogP contribution in [-0.2, 0) is 11.2 Å². The third-order valence-electron chi connectivity index (χ3n) is 3.17. The van der Waals surface area contributed by atoms with E-state index in [2.05, 4.69) is 16.4 Å². The van der Waals surface area contributed by atoms with Gasteiger partial charge in [0, 0.05) is 30.3 Å². The summed E-state index contributed by atoms with van der Waals surface area (Å²) in [4.78, 5) is 15.4. The first-order chi connectivity index (χ1) is 8.25. The smallest absolute Gasteiger partial charge is 0.217 e. The van der Waals surface area contributed by atoms with Crippen LogP contribution in [-0.4, -0.2) is 24.0 Å². The molecule has 1 aromatic rings. The summed E-state index contributed by atoms with van der Waals surface area (Å²) in [5, 5.41) is 3.39. The Morgan fingerprint density at radius 1 is 1.53 bits per heavy atom. The molecule has 1 amide bonds. The van der Waals surface area contributed by atoms with Gasteiger partial charge in [-0.2, -0.15) is 0 Å². The standard InChI is InChI=1S/C13H19N3O/c14-13(17)7-6-11-4-1-5-12(16-11)10-3-2-8-15-9-10/h1,4-5,10,15H,2-3,6-9H2,(H2,14,17). The largest absolute Gasteiger partial charge is 0.370 e. The number of carbonyl (C=O) groups excluding carboxylic acids is 1.